The van der Waals surface area contributed by atoms with Crippen LogP contribution in [0.3, 0.4) is 0 Å². The molecule has 1 N–H and O–H groups in total. The maximum Gasteiger partial charge on any atom is 0.264 e. The quantitative estimate of drug-likeness (QED) is 0.319. The van der Waals surface area contributed by atoms with E-state index in [1.54, 1.807) is 69.5 Å². The van der Waals surface area contributed by atoms with Crippen molar-refractivity contribution in [2.75, 3.05) is 24.5 Å². The van der Waals surface area contributed by atoms with Gasteiger partial charge < -0.3 is 15.0 Å². The maximum atomic E-state index is 14.1. The van der Waals surface area contributed by atoms with Crippen LogP contribution in [0.15, 0.2) is 71.6 Å². The minimum absolute atomic E-state index is 0.0420. The number of ether oxygens (including phenoxy) is 1. The van der Waals surface area contributed by atoms with Crippen LogP contribution >= 0.6 is 11.6 Å². The third kappa shape index (κ3) is 7.14. The van der Waals surface area contributed by atoms with Crippen LogP contribution in [0.2, 0.25) is 5.02 Å². The number of carbonyl (C=O) groups excluding carboxylic acids is 2. The van der Waals surface area contributed by atoms with Gasteiger partial charge >= 0.3 is 0 Å². The molecule has 3 rings (SSSR count). The average molecular weight is 586 g/mol. The molecule has 0 heterocycles. The van der Waals surface area contributed by atoms with Crippen LogP contribution in [-0.4, -0.2) is 51.4 Å². The molecule has 0 aliphatic heterocycles. The van der Waals surface area contributed by atoms with Gasteiger partial charge in [-0.3, -0.25) is 13.9 Å². The number of benzene rings is 3. The highest BCUT2D eigenvalue weighted by Gasteiger charge is 2.34. The van der Waals surface area contributed by atoms with Gasteiger partial charge in [-0.05, 0) is 74.7 Å². The first-order chi connectivity index (χ1) is 19.0. The number of hydrogen-bond donors (Lipinski definition) is 1. The van der Waals surface area contributed by atoms with E-state index in [0.29, 0.717) is 29.3 Å². The monoisotopic (exact) mass is 585 g/mol. The van der Waals surface area contributed by atoms with E-state index in [0.717, 1.165) is 15.4 Å². The van der Waals surface area contributed by atoms with Crippen LogP contribution in [0.25, 0.3) is 0 Å². The van der Waals surface area contributed by atoms with Gasteiger partial charge in [-0.2, -0.15) is 0 Å². The summed E-state index contributed by atoms with van der Waals surface area (Å²) in [5.41, 5.74) is 2.44. The van der Waals surface area contributed by atoms with Crippen molar-refractivity contribution in [3.8, 4) is 5.75 Å². The highest BCUT2D eigenvalue weighted by Crippen LogP contribution is 2.31. The summed E-state index contributed by atoms with van der Waals surface area (Å²) >= 11 is 6.38. The van der Waals surface area contributed by atoms with Crippen LogP contribution in [-0.2, 0) is 26.2 Å². The molecule has 0 fully saturated rings. The highest BCUT2D eigenvalue weighted by atomic mass is 35.5. The molecule has 0 spiro atoms. The zero-order chi connectivity index (χ0) is 29.4. The Morgan fingerprint density at radius 3 is 2.30 bits per heavy atom. The molecule has 0 bridgehead atoms. The number of sulfonamides is 1. The molecule has 0 saturated carbocycles. The molecule has 40 heavy (non-hydrogen) atoms. The number of anilines is 1. The van der Waals surface area contributed by atoms with E-state index < -0.39 is 28.5 Å². The number of nitrogens with one attached hydrogen (secondary N) is 1. The van der Waals surface area contributed by atoms with Gasteiger partial charge in [0, 0.05) is 18.1 Å². The fraction of sp³-hybridized carbons (Fsp3) is 0.333. The molecule has 3 aromatic rings. The molecule has 0 saturated heterocycles. The largest absolute Gasteiger partial charge is 0.497 e. The van der Waals surface area contributed by atoms with Gasteiger partial charge in [0.05, 0.1) is 17.7 Å². The molecule has 0 radical (unpaired) electrons. The van der Waals surface area contributed by atoms with Crippen molar-refractivity contribution in [3.05, 3.63) is 88.4 Å². The lowest BCUT2D eigenvalue weighted by molar-refractivity contribution is -0.140. The minimum Gasteiger partial charge on any atom is -0.497 e. The first-order valence-corrected chi connectivity index (χ1v) is 14.9. The molecule has 2 amide bonds. The van der Waals surface area contributed by atoms with Gasteiger partial charge in [0.15, 0.2) is 0 Å². The number of likely N-dealkylation sites (N-methyl/N-ethyl adjacent to an activating group) is 1. The highest BCUT2D eigenvalue weighted by molar-refractivity contribution is 7.92. The predicted molar refractivity (Wildman–Crippen MR) is 158 cm³/mol. The number of hydrogen-bond acceptors (Lipinski definition) is 5. The number of halogens is 1. The topological polar surface area (TPSA) is 96.0 Å². The van der Waals surface area contributed by atoms with E-state index in [1.165, 1.54) is 17.0 Å². The molecule has 0 aliphatic rings. The summed E-state index contributed by atoms with van der Waals surface area (Å²) in [5, 5.41) is 3.17. The van der Waals surface area contributed by atoms with Gasteiger partial charge in [-0.15, -0.1) is 0 Å². The first-order valence-electron chi connectivity index (χ1n) is 13.1. The third-order valence-corrected chi connectivity index (χ3v) is 8.80. The molecule has 0 aliphatic carbocycles. The summed E-state index contributed by atoms with van der Waals surface area (Å²) in [6, 6.07) is 17.7. The van der Waals surface area contributed by atoms with Gasteiger partial charge in [0.1, 0.15) is 18.3 Å². The Labute approximate surface area is 241 Å². The number of amides is 2. The molecule has 1 atom stereocenters. The molecule has 8 nitrogen and oxygen atoms in total. The van der Waals surface area contributed by atoms with E-state index in [9.17, 15) is 18.0 Å². The average Bonchev–Trinajstić information content (AvgIpc) is 2.93. The van der Waals surface area contributed by atoms with Crippen LogP contribution in [0, 0.1) is 13.8 Å². The van der Waals surface area contributed by atoms with Crippen molar-refractivity contribution in [2.45, 2.75) is 51.6 Å². The van der Waals surface area contributed by atoms with Crippen LogP contribution in [0.5, 0.6) is 5.75 Å². The lowest BCUT2D eigenvalue weighted by Crippen LogP contribution is -2.52. The zero-order valence-corrected chi connectivity index (χ0v) is 25.1. The maximum absolute atomic E-state index is 14.1. The number of carbonyl (C=O) groups is 2. The Morgan fingerprint density at radius 1 is 1.00 bits per heavy atom. The molecule has 10 heteroatoms. The Kier molecular flexibility index (Phi) is 10.6. The molecule has 3 aromatic carbocycles. The van der Waals surface area contributed by atoms with E-state index in [1.807, 2.05) is 19.9 Å². The van der Waals surface area contributed by atoms with E-state index >= 15 is 0 Å². The second-order valence-electron chi connectivity index (χ2n) is 9.40. The van der Waals surface area contributed by atoms with Crippen molar-refractivity contribution in [1.82, 2.24) is 10.2 Å². The second kappa shape index (κ2) is 13.7. The number of rotatable bonds is 12. The molecule has 214 valence electrons. The van der Waals surface area contributed by atoms with Crippen molar-refractivity contribution < 1.29 is 22.7 Å². The smallest absolute Gasteiger partial charge is 0.264 e. The van der Waals surface area contributed by atoms with Crippen molar-refractivity contribution in [3.63, 3.8) is 0 Å². The lowest BCUT2D eigenvalue weighted by Gasteiger charge is -2.33. The van der Waals surface area contributed by atoms with E-state index in [2.05, 4.69) is 5.32 Å². The Morgan fingerprint density at radius 2 is 1.68 bits per heavy atom. The minimum atomic E-state index is -4.18. The normalized spacial score (nSPS) is 11.9. The Bertz CT molecular complexity index is 1440. The summed E-state index contributed by atoms with van der Waals surface area (Å²) in [6.07, 6.45) is 0.336. The molecular weight excluding hydrogens is 550 g/mol. The van der Waals surface area contributed by atoms with Crippen molar-refractivity contribution in [2.24, 2.45) is 0 Å². The van der Waals surface area contributed by atoms with Gasteiger partial charge in [-0.25, -0.2) is 8.42 Å². The SMILES string of the molecule is CCNC(=O)[C@H](CC)N(Cc1cccc(OC)c1)C(=O)CN(c1cccc(Cl)c1C)S(=O)(=O)c1ccc(C)cc1. The van der Waals surface area contributed by atoms with Gasteiger partial charge in [0.25, 0.3) is 10.0 Å². The predicted octanol–water partition coefficient (Wildman–Crippen LogP) is 5.10. The first kappa shape index (κ1) is 31.0. The summed E-state index contributed by atoms with van der Waals surface area (Å²) in [6.45, 7) is 7.13. The van der Waals surface area contributed by atoms with Gasteiger partial charge in [0.2, 0.25) is 11.8 Å². The fourth-order valence-electron chi connectivity index (χ4n) is 4.40. The second-order valence-corrected chi connectivity index (χ2v) is 11.7. The summed E-state index contributed by atoms with van der Waals surface area (Å²) in [7, 11) is -2.63. The standard InChI is InChI=1S/C30H36ClN3O5S/c1-6-27(30(36)32-7-2)33(19-23-10-8-11-24(18-23)39-5)29(35)20-34(28-13-9-12-26(31)22(28)4)40(37,38)25-16-14-21(3)15-17-25/h8-18,27H,6-7,19-20H2,1-5H3,(H,32,36)/t27-/m0/s1. The Balaban J connectivity index is 2.11. The third-order valence-electron chi connectivity index (χ3n) is 6.62. The van der Waals surface area contributed by atoms with E-state index in [4.69, 9.17) is 16.3 Å². The summed E-state index contributed by atoms with van der Waals surface area (Å²) in [4.78, 5) is 28.6. The number of aryl methyl sites for hydroxylation is 1. The van der Waals surface area contributed by atoms with Crippen molar-refractivity contribution >= 4 is 39.1 Å². The molecule has 0 aromatic heterocycles. The lowest BCUT2D eigenvalue weighted by atomic mass is 10.1. The number of methoxy groups -OCH3 is 1. The van der Waals surface area contributed by atoms with Crippen LogP contribution < -0.4 is 14.4 Å². The van der Waals surface area contributed by atoms with E-state index in [-0.39, 0.29) is 23.0 Å². The molecule has 0 unspecified atom stereocenters. The van der Waals surface area contributed by atoms with Crippen LogP contribution in [0.1, 0.15) is 37.0 Å². The molecular formula is C30H36ClN3O5S. The summed E-state index contributed by atoms with van der Waals surface area (Å²) in [5.74, 6) is -0.238. The summed E-state index contributed by atoms with van der Waals surface area (Å²) < 4.78 is 34.4. The van der Waals surface area contributed by atoms with Crippen molar-refractivity contribution in [1.29, 1.82) is 0 Å². The van der Waals surface area contributed by atoms with Gasteiger partial charge in [-0.1, -0.05) is 54.4 Å². The fourth-order valence-corrected chi connectivity index (χ4v) is 6.04. The number of nitrogens with zero attached hydrogens (tertiary/aromatic N) is 2. The van der Waals surface area contributed by atoms with Crippen LogP contribution in [0.4, 0.5) is 5.69 Å². The zero-order valence-electron chi connectivity index (χ0n) is 23.5. The Hall–Kier alpha value is -3.56.